The highest BCUT2D eigenvalue weighted by Crippen LogP contribution is 2.31. The highest BCUT2D eigenvalue weighted by molar-refractivity contribution is 5.97. The van der Waals surface area contributed by atoms with Crippen LogP contribution in [0.1, 0.15) is 30.0 Å². The third-order valence-corrected chi connectivity index (χ3v) is 6.21. The summed E-state index contributed by atoms with van der Waals surface area (Å²) in [5.41, 5.74) is 3.36. The fourth-order valence-electron chi connectivity index (χ4n) is 4.50. The molecule has 2 atom stereocenters. The highest BCUT2D eigenvalue weighted by atomic mass is 16.5. The predicted molar refractivity (Wildman–Crippen MR) is 135 cm³/mol. The minimum Gasteiger partial charge on any atom is -0.495 e. The summed E-state index contributed by atoms with van der Waals surface area (Å²) in [6.07, 6.45) is 1.64. The number of para-hydroxylation sites is 1. The molecule has 0 saturated carbocycles. The van der Waals surface area contributed by atoms with Crippen molar-refractivity contribution in [3.8, 4) is 5.75 Å². The normalized spacial score (nSPS) is 16.9. The second kappa shape index (κ2) is 11.0. The minimum absolute atomic E-state index is 0.0107. The van der Waals surface area contributed by atoms with Crippen LogP contribution in [-0.4, -0.2) is 36.9 Å². The number of nitrogens with one attached hydrogen (secondary N) is 2. The fraction of sp³-hybridized carbons (Fsp3) is 0.286. The van der Waals surface area contributed by atoms with Crippen molar-refractivity contribution in [2.45, 2.75) is 25.8 Å². The zero-order valence-electron chi connectivity index (χ0n) is 19.7. The number of likely N-dealkylation sites (tertiary alicyclic amines) is 1. The standard InChI is InChI=1S/C28H31N3O3/c1-20-15-16-25(34-2)24(18-20)30-28(33)26(21-10-5-3-6-11-21)31-17-9-12-22(19-31)27(32)29-23-13-7-4-8-14-23/h3-8,10-11,13-16,18,22,26H,9,12,17,19H2,1-2H3,(H,29,32)(H,30,33). The molecule has 0 bridgehead atoms. The van der Waals surface area contributed by atoms with Gasteiger partial charge in [-0.1, -0.05) is 54.6 Å². The van der Waals surface area contributed by atoms with Crippen molar-refractivity contribution >= 4 is 23.2 Å². The number of ether oxygens (including phenoxy) is 1. The van der Waals surface area contributed by atoms with Crippen LogP contribution in [-0.2, 0) is 9.59 Å². The van der Waals surface area contributed by atoms with E-state index in [2.05, 4.69) is 15.5 Å². The maximum atomic E-state index is 13.7. The molecule has 0 spiro atoms. The number of anilines is 2. The van der Waals surface area contributed by atoms with E-state index >= 15 is 0 Å². The number of methoxy groups -OCH3 is 1. The van der Waals surface area contributed by atoms with Crippen LogP contribution in [0, 0.1) is 12.8 Å². The first-order valence-electron chi connectivity index (χ1n) is 11.7. The molecular formula is C28H31N3O3. The molecule has 2 N–H and O–H groups in total. The lowest BCUT2D eigenvalue weighted by Crippen LogP contribution is -2.46. The average Bonchev–Trinajstić information content (AvgIpc) is 2.86. The van der Waals surface area contributed by atoms with E-state index in [1.807, 2.05) is 85.8 Å². The summed E-state index contributed by atoms with van der Waals surface area (Å²) in [5.74, 6) is 0.272. The van der Waals surface area contributed by atoms with Gasteiger partial charge in [-0.05, 0) is 61.7 Å². The summed E-state index contributed by atoms with van der Waals surface area (Å²) in [6.45, 7) is 3.23. The Labute approximate surface area is 200 Å². The van der Waals surface area contributed by atoms with Gasteiger partial charge >= 0.3 is 0 Å². The highest BCUT2D eigenvalue weighted by Gasteiger charge is 2.34. The zero-order chi connectivity index (χ0) is 23.9. The Bertz CT molecular complexity index is 1120. The van der Waals surface area contributed by atoms with Crippen LogP contribution < -0.4 is 15.4 Å². The lowest BCUT2D eigenvalue weighted by molar-refractivity contribution is -0.126. The Balaban J connectivity index is 1.55. The molecule has 1 aliphatic heterocycles. The summed E-state index contributed by atoms with van der Waals surface area (Å²) in [7, 11) is 1.59. The van der Waals surface area contributed by atoms with Gasteiger partial charge in [0, 0.05) is 12.2 Å². The number of hydrogen-bond donors (Lipinski definition) is 2. The Kier molecular flexibility index (Phi) is 7.60. The van der Waals surface area contributed by atoms with Crippen molar-refractivity contribution in [3.05, 3.63) is 90.0 Å². The maximum absolute atomic E-state index is 13.7. The van der Waals surface area contributed by atoms with Gasteiger partial charge in [0.15, 0.2) is 0 Å². The van der Waals surface area contributed by atoms with Gasteiger partial charge in [-0.15, -0.1) is 0 Å². The van der Waals surface area contributed by atoms with Crippen LogP contribution in [0.15, 0.2) is 78.9 Å². The lowest BCUT2D eigenvalue weighted by atomic mass is 9.93. The molecule has 3 aromatic rings. The van der Waals surface area contributed by atoms with Crippen molar-refractivity contribution in [2.24, 2.45) is 5.92 Å². The molecule has 1 fully saturated rings. The molecule has 1 aliphatic rings. The molecule has 6 heteroatoms. The number of carbonyl (C=O) groups excluding carboxylic acids is 2. The van der Waals surface area contributed by atoms with Gasteiger partial charge in [0.05, 0.1) is 18.7 Å². The molecular weight excluding hydrogens is 426 g/mol. The molecule has 2 amide bonds. The smallest absolute Gasteiger partial charge is 0.246 e. The molecule has 0 aliphatic carbocycles. The molecule has 34 heavy (non-hydrogen) atoms. The topological polar surface area (TPSA) is 70.7 Å². The largest absolute Gasteiger partial charge is 0.495 e. The third-order valence-electron chi connectivity index (χ3n) is 6.21. The summed E-state index contributed by atoms with van der Waals surface area (Å²) >= 11 is 0. The van der Waals surface area contributed by atoms with Crippen LogP contribution in [0.5, 0.6) is 5.75 Å². The van der Waals surface area contributed by atoms with E-state index in [9.17, 15) is 9.59 Å². The van der Waals surface area contributed by atoms with Crippen LogP contribution in [0.4, 0.5) is 11.4 Å². The minimum atomic E-state index is -0.515. The average molecular weight is 458 g/mol. The number of nitrogens with zero attached hydrogens (tertiary/aromatic N) is 1. The van der Waals surface area contributed by atoms with Gasteiger partial charge < -0.3 is 15.4 Å². The molecule has 3 aromatic carbocycles. The predicted octanol–water partition coefficient (Wildman–Crippen LogP) is 5.03. The van der Waals surface area contributed by atoms with E-state index in [4.69, 9.17) is 4.74 Å². The molecule has 1 saturated heterocycles. The molecule has 4 rings (SSSR count). The van der Waals surface area contributed by atoms with Crippen LogP contribution in [0.3, 0.4) is 0 Å². The lowest BCUT2D eigenvalue weighted by Gasteiger charge is -2.37. The van der Waals surface area contributed by atoms with Gasteiger partial charge in [-0.2, -0.15) is 0 Å². The van der Waals surface area contributed by atoms with Gasteiger partial charge in [0.25, 0.3) is 0 Å². The van der Waals surface area contributed by atoms with Crippen molar-refractivity contribution in [1.82, 2.24) is 4.90 Å². The van der Waals surface area contributed by atoms with Crippen molar-refractivity contribution in [2.75, 3.05) is 30.8 Å². The number of rotatable bonds is 7. The van der Waals surface area contributed by atoms with Crippen molar-refractivity contribution in [3.63, 3.8) is 0 Å². The summed E-state index contributed by atoms with van der Waals surface area (Å²) in [6, 6.07) is 24.4. The monoisotopic (exact) mass is 457 g/mol. The Morgan fingerprint density at radius 2 is 1.68 bits per heavy atom. The molecule has 0 radical (unpaired) electrons. The van der Waals surface area contributed by atoms with Crippen LogP contribution >= 0.6 is 0 Å². The Morgan fingerprint density at radius 1 is 0.971 bits per heavy atom. The molecule has 6 nitrogen and oxygen atoms in total. The number of amides is 2. The van der Waals surface area contributed by atoms with E-state index in [-0.39, 0.29) is 17.7 Å². The van der Waals surface area contributed by atoms with Crippen LogP contribution in [0.2, 0.25) is 0 Å². The summed E-state index contributed by atoms with van der Waals surface area (Å²) in [5, 5.41) is 6.09. The molecule has 1 heterocycles. The third kappa shape index (κ3) is 5.64. The first-order valence-corrected chi connectivity index (χ1v) is 11.7. The number of piperidine rings is 1. The van der Waals surface area contributed by atoms with Gasteiger partial charge in [0.1, 0.15) is 11.8 Å². The zero-order valence-corrected chi connectivity index (χ0v) is 19.7. The summed E-state index contributed by atoms with van der Waals surface area (Å²) < 4.78 is 5.46. The Morgan fingerprint density at radius 3 is 2.38 bits per heavy atom. The van der Waals surface area contributed by atoms with Gasteiger partial charge in [-0.25, -0.2) is 0 Å². The van der Waals surface area contributed by atoms with E-state index in [0.29, 0.717) is 18.0 Å². The first-order chi connectivity index (χ1) is 16.5. The van der Waals surface area contributed by atoms with E-state index < -0.39 is 6.04 Å². The molecule has 0 aromatic heterocycles. The number of aryl methyl sites for hydroxylation is 1. The molecule has 176 valence electrons. The van der Waals surface area contributed by atoms with E-state index in [0.717, 1.165) is 36.2 Å². The second-order valence-corrected chi connectivity index (χ2v) is 8.70. The summed E-state index contributed by atoms with van der Waals surface area (Å²) in [4.78, 5) is 28.8. The number of benzene rings is 3. The number of carbonyl (C=O) groups is 2. The first kappa shape index (κ1) is 23.5. The second-order valence-electron chi connectivity index (χ2n) is 8.70. The van der Waals surface area contributed by atoms with E-state index in [1.165, 1.54) is 0 Å². The Hall–Kier alpha value is -3.64. The number of hydrogen-bond acceptors (Lipinski definition) is 4. The van der Waals surface area contributed by atoms with Crippen LogP contribution in [0.25, 0.3) is 0 Å². The van der Waals surface area contributed by atoms with Crippen molar-refractivity contribution < 1.29 is 14.3 Å². The van der Waals surface area contributed by atoms with Gasteiger partial charge in [-0.3, -0.25) is 14.5 Å². The fourth-order valence-corrected chi connectivity index (χ4v) is 4.50. The van der Waals surface area contributed by atoms with Crippen molar-refractivity contribution in [1.29, 1.82) is 0 Å². The van der Waals surface area contributed by atoms with E-state index in [1.54, 1.807) is 7.11 Å². The molecule has 2 unspecified atom stereocenters. The van der Waals surface area contributed by atoms with Gasteiger partial charge in [0.2, 0.25) is 11.8 Å². The maximum Gasteiger partial charge on any atom is 0.246 e. The quantitative estimate of drug-likeness (QED) is 0.522. The SMILES string of the molecule is COc1ccc(C)cc1NC(=O)C(c1ccccc1)N1CCCC(C(=O)Nc2ccccc2)C1.